The molecule has 1 amide bonds. The normalized spacial score (nSPS) is 11.4. The van der Waals surface area contributed by atoms with Crippen LogP contribution in [0.25, 0.3) is 0 Å². The number of alkyl halides is 3. The minimum atomic E-state index is -4.66. The summed E-state index contributed by atoms with van der Waals surface area (Å²) in [6.07, 6.45) is -3.77. The Morgan fingerprint density at radius 2 is 2.04 bits per heavy atom. The Morgan fingerprint density at radius 3 is 2.67 bits per heavy atom. The van der Waals surface area contributed by atoms with Crippen LogP contribution in [-0.4, -0.2) is 20.6 Å². The van der Waals surface area contributed by atoms with E-state index in [9.17, 15) is 27.9 Å². The first-order chi connectivity index (χ1) is 11.1. The number of hydrogen-bond acceptors (Lipinski definition) is 4. The molecule has 0 saturated carbocycles. The van der Waals surface area contributed by atoms with E-state index in [0.717, 1.165) is 12.3 Å². The van der Waals surface area contributed by atoms with Crippen molar-refractivity contribution in [1.82, 2.24) is 14.9 Å². The van der Waals surface area contributed by atoms with Crippen molar-refractivity contribution < 1.29 is 23.1 Å². The Bertz CT molecular complexity index is 844. The third-order valence-corrected chi connectivity index (χ3v) is 3.51. The lowest BCUT2D eigenvalue weighted by molar-refractivity contribution is -0.141. The summed E-state index contributed by atoms with van der Waals surface area (Å²) in [6, 6.07) is 3.00. The smallest absolute Gasteiger partial charge is 0.433 e. The minimum Gasteiger partial charge on any atom is -0.503 e. The fraction of sp³-hybridized carbons (Fsp3) is 0.267. The summed E-state index contributed by atoms with van der Waals surface area (Å²) in [7, 11) is 1.59. The Hall–Kier alpha value is -2.84. The Morgan fingerprint density at radius 1 is 1.38 bits per heavy atom. The highest BCUT2D eigenvalue weighted by Crippen LogP contribution is 2.27. The molecular weight excluding hydrogens is 327 g/mol. The Kier molecular flexibility index (Phi) is 4.63. The molecular formula is C15H14F3N3O3. The van der Waals surface area contributed by atoms with Gasteiger partial charge in [0.05, 0.1) is 12.2 Å². The first kappa shape index (κ1) is 17.5. The number of nitrogens with zero attached hydrogens (tertiary/aromatic N) is 2. The van der Waals surface area contributed by atoms with Gasteiger partial charge in [0, 0.05) is 30.6 Å². The van der Waals surface area contributed by atoms with Crippen LogP contribution in [-0.2, 0) is 19.8 Å². The first-order valence-corrected chi connectivity index (χ1v) is 6.81. The molecule has 0 aromatic carbocycles. The molecule has 0 saturated heterocycles. The monoisotopic (exact) mass is 341 g/mol. The maximum Gasteiger partial charge on any atom is 0.433 e. The average Bonchev–Trinajstić information content (AvgIpc) is 2.52. The van der Waals surface area contributed by atoms with Crippen LogP contribution in [0.1, 0.15) is 27.4 Å². The van der Waals surface area contributed by atoms with E-state index in [1.54, 1.807) is 14.0 Å². The van der Waals surface area contributed by atoms with Crippen molar-refractivity contribution in [2.24, 2.45) is 7.05 Å². The Balaban J connectivity index is 2.22. The molecule has 2 N–H and O–H groups in total. The number of aromatic nitrogens is 2. The average molecular weight is 341 g/mol. The van der Waals surface area contributed by atoms with Gasteiger partial charge in [-0.05, 0) is 19.1 Å². The lowest BCUT2D eigenvalue weighted by Crippen LogP contribution is -2.26. The highest BCUT2D eigenvalue weighted by atomic mass is 19.4. The lowest BCUT2D eigenvalue weighted by Gasteiger charge is -2.14. The maximum atomic E-state index is 12.6. The van der Waals surface area contributed by atoms with Gasteiger partial charge >= 0.3 is 6.18 Å². The van der Waals surface area contributed by atoms with Crippen molar-refractivity contribution in [3.8, 4) is 5.75 Å². The zero-order valence-corrected chi connectivity index (χ0v) is 12.8. The zero-order valence-electron chi connectivity index (χ0n) is 12.8. The van der Waals surface area contributed by atoms with Crippen molar-refractivity contribution in [3.63, 3.8) is 0 Å². The molecule has 0 aliphatic carbocycles. The SMILES string of the molecule is Cc1cc(=O)c(O)c(CNC(=O)c2ccnc(C(F)(F)F)c2)n1C. The molecule has 2 heterocycles. The fourth-order valence-electron chi connectivity index (χ4n) is 2.06. The number of halogens is 3. The number of aromatic hydroxyl groups is 1. The summed E-state index contributed by atoms with van der Waals surface area (Å²) >= 11 is 0. The third kappa shape index (κ3) is 3.55. The maximum absolute atomic E-state index is 12.6. The molecule has 2 aromatic heterocycles. The first-order valence-electron chi connectivity index (χ1n) is 6.81. The summed E-state index contributed by atoms with van der Waals surface area (Å²) in [5.74, 6) is -1.30. The lowest BCUT2D eigenvalue weighted by atomic mass is 10.2. The summed E-state index contributed by atoms with van der Waals surface area (Å²) in [5, 5.41) is 12.2. The summed E-state index contributed by atoms with van der Waals surface area (Å²) < 4.78 is 39.3. The molecule has 0 aliphatic rings. The molecule has 0 atom stereocenters. The minimum absolute atomic E-state index is 0.151. The van der Waals surface area contributed by atoms with Crippen LogP contribution >= 0.6 is 0 Å². The molecule has 9 heteroatoms. The zero-order chi connectivity index (χ0) is 18.1. The van der Waals surface area contributed by atoms with Gasteiger partial charge in [-0.1, -0.05) is 0 Å². The van der Waals surface area contributed by atoms with Crippen LogP contribution in [0.3, 0.4) is 0 Å². The number of amides is 1. The molecule has 2 aromatic rings. The van der Waals surface area contributed by atoms with Gasteiger partial charge in [0.1, 0.15) is 5.69 Å². The van der Waals surface area contributed by atoms with Gasteiger partial charge in [0.2, 0.25) is 5.43 Å². The third-order valence-electron chi connectivity index (χ3n) is 3.51. The van der Waals surface area contributed by atoms with E-state index >= 15 is 0 Å². The highest BCUT2D eigenvalue weighted by Gasteiger charge is 2.32. The van der Waals surface area contributed by atoms with Crippen LogP contribution in [0.15, 0.2) is 29.2 Å². The molecule has 0 unspecified atom stereocenters. The molecule has 0 radical (unpaired) electrons. The van der Waals surface area contributed by atoms with Crippen molar-refractivity contribution in [2.75, 3.05) is 0 Å². The molecule has 2 rings (SSSR count). The van der Waals surface area contributed by atoms with Gasteiger partial charge in [0.15, 0.2) is 5.75 Å². The number of nitrogens with one attached hydrogen (secondary N) is 1. The largest absolute Gasteiger partial charge is 0.503 e. The van der Waals surface area contributed by atoms with Crippen LogP contribution in [0.2, 0.25) is 0 Å². The van der Waals surface area contributed by atoms with Gasteiger partial charge in [-0.15, -0.1) is 0 Å². The van der Waals surface area contributed by atoms with Crippen molar-refractivity contribution in [1.29, 1.82) is 0 Å². The summed E-state index contributed by atoms with van der Waals surface area (Å²) in [6.45, 7) is 1.42. The molecule has 24 heavy (non-hydrogen) atoms. The van der Waals surface area contributed by atoms with Gasteiger partial charge in [-0.2, -0.15) is 13.2 Å². The van der Waals surface area contributed by atoms with E-state index in [4.69, 9.17) is 0 Å². The Labute approximate surface area is 134 Å². The van der Waals surface area contributed by atoms with Crippen LogP contribution in [0.5, 0.6) is 5.75 Å². The van der Waals surface area contributed by atoms with Crippen LogP contribution in [0, 0.1) is 6.92 Å². The number of pyridine rings is 2. The van der Waals surface area contributed by atoms with Crippen molar-refractivity contribution >= 4 is 5.91 Å². The van der Waals surface area contributed by atoms with E-state index < -0.39 is 29.0 Å². The van der Waals surface area contributed by atoms with Crippen LogP contribution in [0.4, 0.5) is 13.2 Å². The fourth-order valence-corrected chi connectivity index (χ4v) is 2.06. The number of carbonyl (C=O) groups is 1. The van der Waals surface area contributed by atoms with E-state index in [0.29, 0.717) is 11.8 Å². The summed E-state index contributed by atoms with van der Waals surface area (Å²) in [5.41, 5.74) is -1.29. The number of aryl methyl sites for hydroxylation is 1. The standard InChI is InChI=1S/C15H14F3N3O3/c1-8-5-11(22)13(23)10(21(8)2)7-20-14(24)9-3-4-19-12(6-9)15(16,17)18/h3-6,23H,7H2,1-2H3,(H,20,24). The van der Waals surface area contributed by atoms with Gasteiger partial charge in [-0.3, -0.25) is 14.6 Å². The summed E-state index contributed by atoms with van der Waals surface area (Å²) in [4.78, 5) is 26.8. The number of hydrogen-bond donors (Lipinski definition) is 2. The second kappa shape index (κ2) is 6.34. The van der Waals surface area contributed by atoms with Crippen molar-refractivity contribution in [3.05, 3.63) is 57.3 Å². The highest BCUT2D eigenvalue weighted by molar-refractivity contribution is 5.94. The topological polar surface area (TPSA) is 84.2 Å². The second-order valence-corrected chi connectivity index (χ2v) is 5.11. The second-order valence-electron chi connectivity index (χ2n) is 5.11. The molecule has 128 valence electrons. The molecule has 6 nitrogen and oxygen atoms in total. The van der Waals surface area contributed by atoms with Gasteiger partial charge in [-0.25, -0.2) is 0 Å². The predicted octanol–water partition coefficient (Wildman–Crippen LogP) is 1.74. The molecule has 0 fully saturated rings. The number of carbonyl (C=O) groups excluding carboxylic acids is 1. The quantitative estimate of drug-likeness (QED) is 0.891. The molecule has 0 bridgehead atoms. The number of rotatable bonds is 3. The van der Waals surface area contributed by atoms with Gasteiger partial charge in [0.25, 0.3) is 5.91 Å². The van der Waals surface area contributed by atoms with Gasteiger partial charge < -0.3 is 15.0 Å². The van der Waals surface area contributed by atoms with Crippen molar-refractivity contribution in [2.45, 2.75) is 19.6 Å². The predicted molar refractivity (Wildman–Crippen MR) is 78.5 cm³/mol. The van der Waals surface area contributed by atoms with E-state index in [-0.39, 0.29) is 17.8 Å². The molecule has 0 aliphatic heterocycles. The van der Waals surface area contributed by atoms with Crippen LogP contribution < -0.4 is 10.7 Å². The molecule has 0 spiro atoms. The van der Waals surface area contributed by atoms with E-state index in [1.807, 2.05) is 0 Å². The van der Waals surface area contributed by atoms with E-state index in [1.165, 1.54) is 10.6 Å². The van der Waals surface area contributed by atoms with E-state index in [2.05, 4.69) is 10.3 Å².